The van der Waals surface area contributed by atoms with E-state index in [0.717, 1.165) is 18.7 Å². The zero-order chi connectivity index (χ0) is 12.8. The Bertz CT molecular complexity index is 465. The number of nitrogen functional groups attached to an aromatic ring is 1. The molecule has 1 unspecified atom stereocenters. The molecule has 0 bridgehead atoms. The van der Waals surface area contributed by atoms with Gasteiger partial charge in [-0.1, -0.05) is 12.1 Å². The summed E-state index contributed by atoms with van der Waals surface area (Å²) >= 11 is 0. The molecule has 94 valence electrons. The lowest BCUT2D eigenvalue weighted by Crippen LogP contribution is -2.27. The van der Waals surface area contributed by atoms with Crippen molar-refractivity contribution in [2.24, 2.45) is 0 Å². The first-order valence-corrected chi connectivity index (χ1v) is 6.21. The van der Waals surface area contributed by atoms with Crippen LogP contribution in [0.25, 0.3) is 0 Å². The van der Waals surface area contributed by atoms with Gasteiger partial charge in [0.25, 0.3) is 0 Å². The van der Waals surface area contributed by atoms with E-state index in [1.165, 1.54) is 11.1 Å². The fourth-order valence-electron chi connectivity index (χ4n) is 1.87. The molecule has 0 aliphatic heterocycles. The number of nitrogens with zero attached hydrogens (tertiary/aromatic N) is 1. The Morgan fingerprint density at radius 1 is 1.06 bits per heavy atom. The molecule has 3 heteroatoms. The first kappa shape index (κ1) is 12.6. The number of hydrogen-bond acceptors (Lipinski definition) is 3. The Morgan fingerprint density at radius 2 is 1.72 bits per heavy atom. The average Bonchev–Trinajstić information content (AvgIpc) is 2.40. The molecule has 0 aliphatic rings. The quantitative estimate of drug-likeness (QED) is 0.790. The van der Waals surface area contributed by atoms with Crippen molar-refractivity contribution < 1.29 is 0 Å². The Labute approximate surface area is 108 Å². The monoisotopic (exact) mass is 241 g/mol. The highest BCUT2D eigenvalue weighted by molar-refractivity contribution is 5.39. The number of benzene rings is 1. The normalized spacial score (nSPS) is 12.3. The Kier molecular flexibility index (Phi) is 4.31. The van der Waals surface area contributed by atoms with Crippen LogP contribution in [0.15, 0.2) is 48.8 Å². The Morgan fingerprint density at radius 3 is 2.39 bits per heavy atom. The molecule has 0 amide bonds. The van der Waals surface area contributed by atoms with Gasteiger partial charge in [0.2, 0.25) is 0 Å². The minimum Gasteiger partial charge on any atom is -0.399 e. The fraction of sp³-hybridized carbons (Fsp3) is 0.267. The van der Waals surface area contributed by atoms with Gasteiger partial charge in [0.05, 0.1) is 0 Å². The van der Waals surface area contributed by atoms with Crippen LogP contribution >= 0.6 is 0 Å². The van der Waals surface area contributed by atoms with Crippen LogP contribution in [-0.4, -0.2) is 11.0 Å². The van der Waals surface area contributed by atoms with Crippen LogP contribution < -0.4 is 11.1 Å². The van der Waals surface area contributed by atoms with Gasteiger partial charge in [-0.05, 0) is 48.7 Å². The predicted octanol–water partition coefficient (Wildman–Crippen LogP) is 2.38. The molecule has 0 aliphatic carbocycles. The Hall–Kier alpha value is -1.87. The molecule has 1 heterocycles. The van der Waals surface area contributed by atoms with Crippen LogP contribution in [0.1, 0.15) is 18.1 Å². The second-order valence-corrected chi connectivity index (χ2v) is 4.58. The highest BCUT2D eigenvalue weighted by Gasteiger charge is 2.03. The van der Waals surface area contributed by atoms with Gasteiger partial charge in [-0.25, -0.2) is 0 Å². The third-order valence-electron chi connectivity index (χ3n) is 2.93. The fourth-order valence-corrected chi connectivity index (χ4v) is 1.87. The second kappa shape index (κ2) is 6.17. The maximum absolute atomic E-state index is 5.67. The van der Waals surface area contributed by atoms with Crippen molar-refractivity contribution in [3.63, 3.8) is 0 Å². The van der Waals surface area contributed by atoms with Crippen LogP contribution in [0.3, 0.4) is 0 Å². The summed E-state index contributed by atoms with van der Waals surface area (Å²) in [6.45, 7) is 3.07. The summed E-state index contributed by atoms with van der Waals surface area (Å²) in [5.41, 5.74) is 9.05. The zero-order valence-corrected chi connectivity index (χ0v) is 10.6. The highest BCUT2D eigenvalue weighted by atomic mass is 14.9. The number of aromatic nitrogens is 1. The molecule has 3 N–H and O–H groups in total. The molecule has 18 heavy (non-hydrogen) atoms. The summed E-state index contributed by atoms with van der Waals surface area (Å²) in [4.78, 5) is 4.01. The van der Waals surface area contributed by atoms with Crippen molar-refractivity contribution in [2.45, 2.75) is 25.9 Å². The smallest absolute Gasteiger partial charge is 0.0314 e. The van der Waals surface area contributed by atoms with E-state index in [1.54, 1.807) is 0 Å². The number of hydrogen-bond donors (Lipinski definition) is 2. The van der Waals surface area contributed by atoms with Crippen LogP contribution in [0, 0.1) is 0 Å². The van der Waals surface area contributed by atoms with Crippen LogP contribution in [0.2, 0.25) is 0 Å². The molecule has 0 saturated heterocycles. The molecule has 1 aromatic carbocycles. The first-order chi connectivity index (χ1) is 8.74. The van der Waals surface area contributed by atoms with Crippen molar-refractivity contribution in [3.8, 4) is 0 Å². The zero-order valence-electron chi connectivity index (χ0n) is 10.6. The van der Waals surface area contributed by atoms with E-state index < -0.39 is 0 Å². The molecule has 0 saturated carbocycles. The largest absolute Gasteiger partial charge is 0.399 e. The van der Waals surface area contributed by atoms with E-state index in [-0.39, 0.29) is 0 Å². The molecular formula is C15H19N3. The van der Waals surface area contributed by atoms with Gasteiger partial charge in [-0.2, -0.15) is 0 Å². The van der Waals surface area contributed by atoms with E-state index in [1.807, 2.05) is 36.7 Å². The summed E-state index contributed by atoms with van der Waals surface area (Å²) in [6.07, 6.45) is 4.65. The second-order valence-electron chi connectivity index (χ2n) is 4.58. The van der Waals surface area contributed by atoms with Gasteiger partial charge in [0.15, 0.2) is 0 Å². The van der Waals surface area contributed by atoms with Crippen molar-refractivity contribution in [2.75, 3.05) is 5.73 Å². The molecule has 0 radical (unpaired) electrons. The first-order valence-electron chi connectivity index (χ1n) is 6.21. The van der Waals surface area contributed by atoms with Gasteiger partial charge in [0.1, 0.15) is 0 Å². The van der Waals surface area contributed by atoms with Crippen LogP contribution in [0.4, 0.5) is 5.69 Å². The molecule has 2 rings (SSSR count). The van der Waals surface area contributed by atoms with E-state index in [2.05, 4.69) is 29.4 Å². The van der Waals surface area contributed by atoms with Gasteiger partial charge < -0.3 is 11.1 Å². The topological polar surface area (TPSA) is 50.9 Å². The number of rotatable bonds is 5. The number of nitrogens with one attached hydrogen (secondary N) is 1. The summed E-state index contributed by atoms with van der Waals surface area (Å²) in [6, 6.07) is 12.6. The lowest BCUT2D eigenvalue weighted by atomic mass is 10.1. The van der Waals surface area contributed by atoms with Crippen molar-refractivity contribution >= 4 is 5.69 Å². The molecule has 3 nitrogen and oxygen atoms in total. The van der Waals surface area contributed by atoms with Gasteiger partial charge in [0, 0.05) is 30.7 Å². The summed E-state index contributed by atoms with van der Waals surface area (Å²) in [5.74, 6) is 0. The SMILES string of the molecule is CC(Cc1ccc(N)cc1)NCc1ccncc1. The van der Waals surface area contributed by atoms with Crippen molar-refractivity contribution in [1.82, 2.24) is 10.3 Å². The van der Waals surface area contributed by atoms with E-state index in [9.17, 15) is 0 Å². The molecular weight excluding hydrogens is 222 g/mol. The molecule has 1 atom stereocenters. The molecule has 1 aromatic heterocycles. The number of anilines is 1. The van der Waals surface area contributed by atoms with Gasteiger partial charge in [-0.3, -0.25) is 4.98 Å². The summed E-state index contributed by atoms with van der Waals surface area (Å²) < 4.78 is 0. The van der Waals surface area contributed by atoms with E-state index in [0.29, 0.717) is 6.04 Å². The van der Waals surface area contributed by atoms with Crippen molar-refractivity contribution in [1.29, 1.82) is 0 Å². The highest BCUT2D eigenvalue weighted by Crippen LogP contribution is 2.08. The van der Waals surface area contributed by atoms with Crippen LogP contribution in [-0.2, 0) is 13.0 Å². The molecule has 2 aromatic rings. The third kappa shape index (κ3) is 3.86. The summed E-state index contributed by atoms with van der Waals surface area (Å²) in [5, 5.41) is 3.50. The maximum atomic E-state index is 5.67. The average molecular weight is 241 g/mol. The van der Waals surface area contributed by atoms with Crippen molar-refractivity contribution in [3.05, 3.63) is 59.9 Å². The summed E-state index contributed by atoms with van der Waals surface area (Å²) in [7, 11) is 0. The minimum atomic E-state index is 0.432. The number of pyridine rings is 1. The third-order valence-corrected chi connectivity index (χ3v) is 2.93. The number of nitrogens with two attached hydrogens (primary N) is 1. The van der Waals surface area contributed by atoms with Gasteiger partial charge in [-0.15, -0.1) is 0 Å². The van der Waals surface area contributed by atoms with Crippen LogP contribution in [0.5, 0.6) is 0 Å². The minimum absolute atomic E-state index is 0.432. The lowest BCUT2D eigenvalue weighted by molar-refractivity contribution is 0.545. The molecule has 0 spiro atoms. The lowest BCUT2D eigenvalue weighted by Gasteiger charge is -2.14. The molecule has 0 fully saturated rings. The predicted molar refractivity (Wildman–Crippen MR) is 75.1 cm³/mol. The van der Waals surface area contributed by atoms with E-state index >= 15 is 0 Å². The van der Waals surface area contributed by atoms with Gasteiger partial charge >= 0.3 is 0 Å². The standard InChI is InChI=1S/C15H19N3/c1-12(10-13-2-4-15(16)5-3-13)18-11-14-6-8-17-9-7-14/h2-9,12,18H,10-11,16H2,1H3. The maximum Gasteiger partial charge on any atom is 0.0314 e. The van der Waals surface area contributed by atoms with E-state index in [4.69, 9.17) is 5.73 Å². The Balaban J connectivity index is 1.82.